The van der Waals surface area contributed by atoms with E-state index in [1.165, 1.54) is 0 Å². The highest BCUT2D eigenvalue weighted by Gasteiger charge is 2.18. The molecule has 3 aromatic heterocycles. The lowest BCUT2D eigenvalue weighted by atomic mass is 10.3. The third kappa shape index (κ3) is 3.23. The summed E-state index contributed by atoms with van der Waals surface area (Å²) < 4.78 is 7.05. The maximum atomic E-state index is 12.7. The first-order valence-corrected chi connectivity index (χ1v) is 8.74. The molecule has 0 saturated carbocycles. The van der Waals surface area contributed by atoms with Crippen molar-refractivity contribution < 1.29 is 9.53 Å². The number of nitrogens with one attached hydrogen (secondary N) is 1. The first-order chi connectivity index (χ1) is 12.6. The fraction of sp³-hybridized carbons (Fsp3) is 0.278. The van der Waals surface area contributed by atoms with Gasteiger partial charge in [-0.25, -0.2) is 9.97 Å². The summed E-state index contributed by atoms with van der Waals surface area (Å²) in [7, 11) is 0. The second-order valence-electron chi connectivity index (χ2n) is 6.08. The van der Waals surface area contributed by atoms with Crippen molar-refractivity contribution in [2.24, 2.45) is 0 Å². The zero-order valence-electron chi connectivity index (χ0n) is 14.3. The van der Waals surface area contributed by atoms with Crippen molar-refractivity contribution in [1.29, 1.82) is 0 Å². The molecule has 26 heavy (non-hydrogen) atoms. The van der Waals surface area contributed by atoms with E-state index in [1.54, 1.807) is 35.9 Å². The Kier molecular flexibility index (Phi) is 4.48. The summed E-state index contributed by atoms with van der Waals surface area (Å²) in [6.07, 6.45) is 3.35. The lowest BCUT2D eigenvalue weighted by Gasteiger charge is -2.27. The molecule has 1 fully saturated rings. The van der Waals surface area contributed by atoms with E-state index in [9.17, 15) is 4.79 Å². The topological polar surface area (TPSA) is 71.8 Å². The molecule has 0 unspecified atom stereocenters. The summed E-state index contributed by atoms with van der Waals surface area (Å²) in [4.78, 5) is 23.7. The van der Waals surface area contributed by atoms with Crippen molar-refractivity contribution >= 4 is 34.7 Å². The second kappa shape index (κ2) is 6.93. The first kappa shape index (κ1) is 16.8. The van der Waals surface area contributed by atoms with Crippen LogP contribution in [-0.4, -0.2) is 46.6 Å². The van der Waals surface area contributed by atoms with Crippen LogP contribution >= 0.6 is 11.6 Å². The van der Waals surface area contributed by atoms with E-state index in [0.29, 0.717) is 41.0 Å². The molecule has 1 N–H and O–H groups in total. The number of nitrogens with zero attached hydrogens (tertiary/aromatic N) is 4. The van der Waals surface area contributed by atoms with Gasteiger partial charge in [0, 0.05) is 19.3 Å². The number of halogens is 1. The van der Waals surface area contributed by atoms with Crippen molar-refractivity contribution in [3.05, 3.63) is 53.1 Å². The van der Waals surface area contributed by atoms with E-state index in [0.717, 1.165) is 18.9 Å². The van der Waals surface area contributed by atoms with E-state index in [-0.39, 0.29) is 5.91 Å². The van der Waals surface area contributed by atoms with E-state index < -0.39 is 0 Å². The zero-order valence-corrected chi connectivity index (χ0v) is 15.0. The average molecular weight is 372 g/mol. The molecule has 7 nitrogen and oxygen atoms in total. The van der Waals surface area contributed by atoms with Crippen LogP contribution in [0.3, 0.4) is 0 Å². The van der Waals surface area contributed by atoms with Crippen LogP contribution < -0.4 is 10.2 Å². The van der Waals surface area contributed by atoms with Gasteiger partial charge in [0.25, 0.3) is 5.91 Å². The molecule has 1 saturated heterocycles. The van der Waals surface area contributed by atoms with Crippen molar-refractivity contribution in [3.8, 4) is 0 Å². The Balaban J connectivity index is 1.55. The highest BCUT2D eigenvalue weighted by Crippen LogP contribution is 2.19. The number of hydrogen-bond acceptors (Lipinski definition) is 5. The van der Waals surface area contributed by atoms with Crippen LogP contribution in [0.1, 0.15) is 16.2 Å². The number of imidazole rings is 1. The zero-order chi connectivity index (χ0) is 18.1. The summed E-state index contributed by atoms with van der Waals surface area (Å²) in [6.45, 7) is 4.85. The SMILES string of the molecule is Cc1nc2ccc(Cl)cn2c1C(=O)Nc1ccc(N2CCOCC2)nc1. The number of morpholine rings is 1. The summed E-state index contributed by atoms with van der Waals surface area (Å²) in [5.41, 5.74) is 2.41. The molecular weight excluding hydrogens is 354 g/mol. The summed E-state index contributed by atoms with van der Waals surface area (Å²) in [5, 5.41) is 3.42. The predicted octanol–water partition coefficient (Wildman–Crippen LogP) is 2.78. The van der Waals surface area contributed by atoms with Crippen molar-refractivity contribution in [2.75, 3.05) is 36.5 Å². The van der Waals surface area contributed by atoms with Gasteiger partial charge in [0.15, 0.2) is 0 Å². The number of carbonyl (C=O) groups is 1. The Bertz CT molecular complexity index is 948. The minimum atomic E-state index is -0.252. The lowest BCUT2D eigenvalue weighted by molar-refractivity contribution is 0.102. The Labute approximate surface area is 155 Å². The highest BCUT2D eigenvalue weighted by molar-refractivity contribution is 6.30. The highest BCUT2D eigenvalue weighted by atomic mass is 35.5. The van der Waals surface area contributed by atoms with Gasteiger partial charge in [-0.05, 0) is 31.2 Å². The first-order valence-electron chi connectivity index (χ1n) is 8.36. The van der Waals surface area contributed by atoms with Crippen LogP contribution in [0.25, 0.3) is 5.65 Å². The maximum Gasteiger partial charge on any atom is 0.274 e. The quantitative estimate of drug-likeness (QED) is 0.766. The van der Waals surface area contributed by atoms with Crippen LogP contribution in [0.15, 0.2) is 36.7 Å². The Morgan fingerprint density at radius 3 is 2.77 bits per heavy atom. The van der Waals surface area contributed by atoms with Crippen LogP contribution in [0.2, 0.25) is 5.02 Å². The molecule has 0 bridgehead atoms. The number of aryl methyl sites for hydroxylation is 1. The van der Waals surface area contributed by atoms with Gasteiger partial charge in [-0.1, -0.05) is 11.6 Å². The molecule has 0 aromatic carbocycles. The van der Waals surface area contributed by atoms with Gasteiger partial charge in [-0.2, -0.15) is 0 Å². The molecular formula is C18H18ClN5O2. The monoisotopic (exact) mass is 371 g/mol. The van der Waals surface area contributed by atoms with Gasteiger partial charge in [0.2, 0.25) is 0 Å². The molecule has 1 amide bonds. The fourth-order valence-corrected chi connectivity index (χ4v) is 3.20. The molecule has 1 aliphatic rings. The Morgan fingerprint density at radius 2 is 2.04 bits per heavy atom. The number of anilines is 2. The van der Waals surface area contributed by atoms with Gasteiger partial charge in [-0.3, -0.25) is 9.20 Å². The van der Waals surface area contributed by atoms with E-state index in [4.69, 9.17) is 16.3 Å². The molecule has 4 rings (SSSR count). The Hall–Kier alpha value is -2.64. The molecule has 3 aromatic rings. The van der Waals surface area contributed by atoms with E-state index >= 15 is 0 Å². The smallest absolute Gasteiger partial charge is 0.274 e. The maximum absolute atomic E-state index is 12.7. The molecule has 134 valence electrons. The largest absolute Gasteiger partial charge is 0.378 e. The number of carbonyl (C=O) groups excluding carboxylic acids is 1. The summed E-state index contributed by atoms with van der Waals surface area (Å²) in [5.74, 6) is 0.627. The Morgan fingerprint density at radius 1 is 1.23 bits per heavy atom. The van der Waals surface area contributed by atoms with Gasteiger partial charge in [-0.15, -0.1) is 0 Å². The van der Waals surface area contributed by atoms with Crippen molar-refractivity contribution in [3.63, 3.8) is 0 Å². The van der Waals surface area contributed by atoms with Crippen LogP contribution in [0.4, 0.5) is 11.5 Å². The minimum absolute atomic E-state index is 0.252. The number of rotatable bonds is 3. The number of pyridine rings is 2. The molecule has 0 atom stereocenters. The number of ether oxygens (including phenoxy) is 1. The van der Waals surface area contributed by atoms with Crippen molar-refractivity contribution in [1.82, 2.24) is 14.4 Å². The minimum Gasteiger partial charge on any atom is -0.378 e. The van der Waals surface area contributed by atoms with Crippen LogP contribution in [-0.2, 0) is 4.74 Å². The van der Waals surface area contributed by atoms with Gasteiger partial charge in [0.05, 0.1) is 35.8 Å². The van der Waals surface area contributed by atoms with Gasteiger partial charge >= 0.3 is 0 Å². The average Bonchev–Trinajstić information content (AvgIpc) is 2.98. The second-order valence-corrected chi connectivity index (χ2v) is 6.52. The van der Waals surface area contributed by atoms with Gasteiger partial charge in [0.1, 0.15) is 17.2 Å². The molecule has 8 heteroatoms. The number of amides is 1. The van der Waals surface area contributed by atoms with E-state index in [2.05, 4.69) is 20.2 Å². The summed E-state index contributed by atoms with van der Waals surface area (Å²) in [6, 6.07) is 7.28. The van der Waals surface area contributed by atoms with Crippen LogP contribution in [0.5, 0.6) is 0 Å². The number of aromatic nitrogens is 3. The molecule has 0 radical (unpaired) electrons. The van der Waals surface area contributed by atoms with Crippen LogP contribution in [0, 0.1) is 6.92 Å². The third-order valence-corrected chi connectivity index (χ3v) is 4.54. The molecule has 0 aliphatic carbocycles. The normalized spacial score (nSPS) is 14.6. The molecule has 1 aliphatic heterocycles. The number of fused-ring (bicyclic) bond motifs is 1. The predicted molar refractivity (Wildman–Crippen MR) is 100 cm³/mol. The number of hydrogen-bond donors (Lipinski definition) is 1. The van der Waals surface area contributed by atoms with Gasteiger partial charge < -0.3 is 15.0 Å². The standard InChI is InChI=1S/C18H18ClN5O2/c1-12-17(24-11-13(19)2-4-16(24)21-12)18(25)22-14-3-5-15(20-10-14)23-6-8-26-9-7-23/h2-5,10-11H,6-9H2,1H3,(H,22,25). The lowest BCUT2D eigenvalue weighted by Crippen LogP contribution is -2.36. The fourth-order valence-electron chi connectivity index (χ4n) is 3.04. The van der Waals surface area contributed by atoms with Crippen molar-refractivity contribution in [2.45, 2.75) is 6.92 Å². The third-order valence-electron chi connectivity index (χ3n) is 4.31. The van der Waals surface area contributed by atoms with E-state index in [1.807, 2.05) is 12.1 Å². The molecule has 4 heterocycles. The molecule has 0 spiro atoms. The summed E-state index contributed by atoms with van der Waals surface area (Å²) >= 11 is 6.05.